The van der Waals surface area contributed by atoms with Crippen LogP contribution in [-0.4, -0.2) is 28.2 Å². The van der Waals surface area contributed by atoms with Gasteiger partial charge >= 0.3 is 33.0 Å². The third-order valence-corrected chi connectivity index (χ3v) is 6.86. The molecule has 0 aliphatic rings. The van der Waals surface area contributed by atoms with Gasteiger partial charge in [0.1, 0.15) is 14.1 Å². The molecule has 1 heterocycles. The van der Waals surface area contributed by atoms with Crippen LogP contribution < -0.4 is 14.8 Å². The van der Waals surface area contributed by atoms with E-state index in [4.69, 9.17) is 0 Å². The minimum absolute atomic E-state index is 1.23. The Bertz CT molecular complexity index is 1700. The van der Waals surface area contributed by atoms with Gasteiger partial charge in [-0.2, -0.15) is 0 Å². The number of rotatable bonds is 2. The summed E-state index contributed by atoms with van der Waals surface area (Å²) in [6.07, 6.45) is 0. The van der Waals surface area contributed by atoms with E-state index in [2.05, 4.69) is 117 Å². The van der Waals surface area contributed by atoms with Crippen molar-refractivity contribution in [2.24, 2.45) is 0 Å². The number of halogens is 6. The molecule has 37 heavy (non-hydrogen) atoms. The van der Waals surface area contributed by atoms with E-state index in [1.165, 1.54) is 53.1 Å². The van der Waals surface area contributed by atoms with Crippen molar-refractivity contribution in [3.05, 3.63) is 84.2 Å². The number of benzene rings is 4. The van der Waals surface area contributed by atoms with E-state index in [1.54, 1.807) is 0 Å². The van der Waals surface area contributed by atoms with Gasteiger partial charge in [0.2, 0.25) is 0 Å². The van der Waals surface area contributed by atoms with Crippen LogP contribution in [-0.2, 0) is 0 Å². The first kappa shape index (κ1) is 26.9. The first-order chi connectivity index (χ1) is 17.0. The van der Waals surface area contributed by atoms with Gasteiger partial charge in [0.05, 0.1) is 0 Å². The molecule has 4 aromatic carbocycles. The average molecular weight is 555 g/mol. The molecule has 0 fully saturated rings. The summed E-state index contributed by atoms with van der Waals surface area (Å²) in [5.41, 5.74) is 3.82. The monoisotopic (exact) mass is 554 g/mol. The summed E-state index contributed by atoms with van der Waals surface area (Å²) in [5.74, 6) is 0. The van der Waals surface area contributed by atoms with Crippen molar-refractivity contribution in [3.8, 4) is 11.1 Å². The topological polar surface area (TPSA) is 6.25 Å². The summed E-state index contributed by atoms with van der Waals surface area (Å²) in [6, 6.07) is 29.0. The molecule has 0 saturated heterocycles. The molecule has 0 N–H and O–H groups in total. The number of anilines is 1. The Balaban J connectivity index is 0.000000405. The fraction of sp³-hybridized carbons (Fsp3) is 0.148. The molecule has 0 radical (unpaired) electrons. The maximum atomic E-state index is 9.87. The second kappa shape index (κ2) is 8.71. The molecule has 0 unspecified atom stereocenters. The second-order valence-electron chi connectivity index (χ2n) is 9.15. The Morgan fingerprint density at radius 3 is 1.89 bits per heavy atom. The van der Waals surface area contributed by atoms with Crippen LogP contribution in [0.2, 0.25) is 0 Å². The molecule has 0 spiro atoms. The molecule has 0 aliphatic heterocycles. The summed E-state index contributed by atoms with van der Waals surface area (Å²) >= 11 is 1.88. The third kappa shape index (κ3) is 6.99. The van der Waals surface area contributed by atoms with E-state index < -0.39 is 7.81 Å². The number of hydrogen-bond acceptors (Lipinski definition) is 2. The van der Waals surface area contributed by atoms with Crippen molar-refractivity contribution >= 4 is 55.8 Å². The van der Waals surface area contributed by atoms with Crippen LogP contribution in [0.5, 0.6) is 0 Å². The van der Waals surface area contributed by atoms with Crippen molar-refractivity contribution in [1.82, 2.24) is 4.58 Å². The molecule has 10 heteroatoms. The Hall–Kier alpha value is -3.16. The van der Waals surface area contributed by atoms with Gasteiger partial charge in [-0.05, 0) is 52.2 Å². The molecule has 196 valence electrons. The van der Waals surface area contributed by atoms with Gasteiger partial charge in [0.15, 0.2) is 5.36 Å². The normalized spacial score (nSPS) is 13.6. The van der Waals surface area contributed by atoms with Crippen LogP contribution in [0.3, 0.4) is 0 Å². The summed E-state index contributed by atoms with van der Waals surface area (Å²) in [5, 5.41) is 6.43. The zero-order valence-electron chi connectivity index (χ0n) is 20.5. The van der Waals surface area contributed by atoms with E-state index in [-0.39, 0.29) is 0 Å². The Morgan fingerprint density at radius 1 is 0.676 bits per heavy atom. The van der Waals surface area contributed by atoms with Crippen LogP contribution in [0.1, 0.15) is 0 Å². The fourth-order valence-corrected chi connectivity index (χ4v) is 5.24. The van der Waals surface area contributed by atoms with Crippen LogP contribution in [0.25, 0.3) is 42.1 Å². The van der Waals surface area contributed by atoms with Crippen molar-refractivity contribution in [1.29, 1.82) is 0 Å². The van der Waals surface area contributed by atoms with Crippen LogP contribution in [0.15, 0.2) is 78.9 Å². The van der Waals surface area contributed by atoms with Gasteiger partial charge in [0, 0.05) is 52.1 Å². The summed E-state index contributed by atoms with van der Waals surface area (Å²) in [6.45, 7) is 0. The van der Waals surface area contributed by atoms with Gasteiger partial charge in [-0.15, -0.1) is 11.3 Å². The molecule has 0 saturated carbocycles. The summed E-state index contributed by atoms with van der Waals surface area (Å²) < 4.78 is 64.0. The second-order valence-corrected chi connectivity index (χ2v) is 12.2. The maximum absolute atomic E-state index is 10.7. The minimum atomic E-state index is -10.7. The van der Waals surface area contributed by atoms with Crippen LogP contribution >= 0.6 is 19.1 Å². The molecule has 5 aromatic rings. The quantitative estimate of drug-likeness (QED) is 0.0912. The van der Waals surface area contributed by atoms with Crippen molar-refractivity contribution in [2.75, 3.05) is 33.1 Å². The molecular weight excluding hydrogens is 529 g/mol. The SMILES string of the molecule is CN(C)c1ccc2c(-c3ccccc3)c3cc4ccc(=[N+](C)C)cc4cc3sc2c1.F[P-](F)(F)(F)(F)F. The molecule has 1 aromatic heterocycles. The number of fused-ring (bicyclic) bond motifs is 3. The van der Waals surface area contributed by atoms with Gasteiger partial charge in [-0.25, -0.2) is 4.58 Å². The fourth-order valence-electron chi connectivity index (χ4n) is 4.08. The van der Waals surface area contributed by atoms with Gasteiger partial charge in [0.25, 0.3) is 0 Å². The van der Waals surface area contributed by atoms with Crippen molar-refractivity contribution < 1.29 is 25.2 Å². The predicted molar refractivity (Wildman–Crippen MR) is 147 cm³/mol. The average Bonchev–Trinajstić information content (AvgIpc) is 2.79. The van der Waals surface area contributed by atoms with E-state index in [9.17, 15) is 25.2 Å². The number of hydrogen-bond donors (Lipinski definition) is 0. The first-order valence-electron chi connectivity index (χ1n) is 11.2. The van der Waals surface area contributed by atoms with Crippen LogP contribution in [0.4, 0.5) is 30.9 Å². The van der Waals surface area contributed by atoms with Crippen molar-refractivity contribution in [3.63, 3.8) is 0 Å². The Morgan fingerprint density at radius 2 is 1.30 bits per heavy atom. The van der Waals surface area contributed by atoms with Crippen molar-refractivity contribution in [2.45, 2.75) is 0 Å². The molecule has 0 amide bonds. The first-order valence-corrected chi connectivity index (χ1v) is 14.0. The standard InChI is InChI=1S/C27H25N2S.F6P/c1-28(2)21-11-10-19-15-24-25(16-20(19)14-21)30-26-17-22(29(3)4)12-13-23(26)27(24)18-8-6-5-7-9-18;1-7(2,3,4,5)6/h5-17H,1-4H3;/q+1;-1. The van der Waals surface area contributed by atoms with Gasteiger partial charge < -0.3 is 4.90 Å². The molecule has 0 aliphatic carbocycles. The van der Waals surface area contributed by atoms with Gasteiger partial charge in [-0.3, -0.25) is 0 Å². The molecule has 0 bridgehead atoms. The van der Waals surface area contributed by atoms with E-state index >= 15 is 0 Å². The van der Waals surface area contributed by atoms with Gasteiger partial charge in [-0.1, -0.05) is 36.4 Å². The summed E-state index contributed by atoms with van der Waals surface area (Å²) in [7, 11) is -2.28. The van der Waals surface area contributed by atoms with E-state index in [0.717, 1.165) is 0 Å². The zero-order valence-corrected chi connectivity index (χ0v) is 22.2. The third-order valence-electron chi connectivity index (χ3n) is 5.74. The Labute approximate surface area is 213 Å². The zero-order chi connectivity index (χ0) is 27.2. The molecule has 5 rings (SSSR count). The number of nitrogens with zero attached hydrogens (tertiary/aromatic N) is 2. The van der Waals surface area contributed by atoms with Crippen LogP contribution in [0, 0.1) is 0 Å². The Kier molecular flexibility index (Phi) is 6.33. The predicted octanol–water partition coefficient (Wildman–Crippen LogP) is 9.35. The van der Waals surface area contributed by atoms with E-state index in [0.29, 0.717) is 0 Å². The molecule has 2 nitrogen and oxygen atoms in total. The summed E-state index contributed by atoms with van der Waals surface area (Å²) in [4.78, 5) is 2.17. The molecular formula is C27H25F6N2PS. The van der Waals surface area contributed by atoms with E-state index in [1.807, 2.05) is 11.3 Å². The molecule has 0 atom stereocenters.